The fourth-order valence-electron chi connectivity index (χ4n) is 3.54. The predicted octanol–water partition coefficient (Wildman–Crippen LogP) is 4.06. The topological polar surface area (TPSA) is 21.3 Å². The second-order valence-corrected chi connectivity index (χ2v) is 6.19. The molecule has 110 valence electrons. The molecule has 2 nitrogen and oxygen atoms in total. The first-order valence-electron chi connectivity index (χ1n) is 8.37. The van der Waals surface area contributed by atoms with Gasteiger partial charge in [-0.25, -0.2) is 0 Å². The Kier molecular flexibility index (Phi) is 6.39. The van der Waals surface area contributed by atoms with E-state index in [1.54, 1.807) is 5.57 Å². The molecule has 3 unspecified atom stereocenters. The summed E-state index contributed by atoms with van der Waals surface area (Å²) in [6.45, 7) is 6.58. The standard InChI is InChI=1S/C17H31NO/c1-3-12-18-17(16-11-13-19-14(16)2)15-9-7-5-4-6-8-10-15/h9,14,16-18H,3-8,10-13H2,1-2H3. The van der Waals surface area contributed by atoms with Crippen molar-refractivity contribution >= 4 is 0 Å². The van der Waals surface area contributed by atoms with Gasteiger partial charge in [-0.15, -0.1) is 0 Å². The molecule has 1 saturated heterocycles. The molecule has 1 N–H and O–H groups in total. The highest BCUT2D eigenvalue weighted by Gasteiger charge is 2.33. The Hall–Kier alpha value is -0.340. The van der Waals surface area contributed by atoms with Crippen molar-refractivity contribution in [2.45, 2.75) is 77.4 Å². The molecule has 0 aromatic heterocycles. The third-order valence-corrected chi connectivity index (χ3v) is 4.70. The van der Waals surface area contributed by atoms with Crippen LogP contribution in [0, 0.1) is 5.92 Å². The molecule has 1 heterocycles. The monoisotopic (exact) mass is 265 g/mol. The average molecular weight is 265 g/mol. The molecular weight excluding hydrogens is 234 g/mol. The molecule has 2 rings (SSSR count). The Bertz CT molecular complexity index is 287. The van der Waals surface area contributed by atoms with E-state index in [2.05, 4.69) is 25.2 Å². The van der Waals surface area contributed by atoms with Crippen LogP contribution in [-0.4, -0.2) is 25.3 Å². The summed E-state index contributed by atoms with van der Waals surface area (Å²) in [7, 11) is 0. The highest BCUT2D eigenvalue weighted by atomic mass is 16.5. The van der Waals surface area contributed by atoms with Crippen molar-refractivity contribution in [3.8, 4) is 0 Å². The van der Waals surface area contributed by atoms with E-state index < -0.39 is 0 Å². The summed E-state index contributed by atoms with van der Waals surface area (Å²) in [5, 5.41) is 3.81. The van der Waals surface area contributed by atoms with Crippen LogP contribution in [0.5, 0.6) is 0 Å². The van der Waals surface area contributed by atoms with Gasteiger partial charge in [0, 0.05) is 18.6 Å². The lowest BCUT2D eigenvalue weighted by Gasteiger charge is -2.30. The van der Waals surface area contributed by atoms with Crippen molar-refractivity contribution in [1.82, 2.24) is 5.32 Å². The first-order chi connectivity index (χ1) is 9.33. The van der Waals surface area contributed by atoms with Gasteiger partial charge in [0.2, 0.25) is 0 Å². The van der Waals surface area contributed by atoms with Crippen LogP contribution >= 0.6 is 0 Å². The van der Waals surface area contributed by atoms with E-state index in [9.17, 15) is 0 Å². The van der Waals surface area contributed by atoms with E-state index in [0.29, 0.717) is 18.1 Å². The lowest BCUT2D eigenvalue weighted by Crippen LogP contribution is -2.41. The zero-order valence-corrected chi connectivity index (χ0v) is 12.8. The van der Waals surface area contributed by atoms with Gasteiger partial charge in [-0.05, 0) is 52.0 Å². The summed E-state index contributed by atoms with van der Waals surface area (Å²) in [6, 6.07) is 0.565. The van der Waals surface area contributed by atoms with E-state index >= 15 is 0 Å². The minimum Gasteiger partial charge on any atom is -0.378 e. The Morgan fingerprint density at radius 2 is 2.16 bits per heavy atom. The summed E-state index contributed by atoms with van der Waals surface area (Å²) in [6.07, 6.45) is 13.5. The molecule has 0 spiro atoms. The van der Waals surface area contributed by atoms with Gasteiger partial charge < -0.3 is 10.1 Å². The smallest absolute Gasteiger partial charge is 0.0594 e. The Balaban J connectivity index is 2.05. The number of hydrogen-bond acceptors (Lipinski definition) is 2. The van der Waals surface area contributed by atoms with Crippen LogP contribution in [0.2, 0.25) is 0 Å². The van der Waals surface area contributed by atoms with Gasteiger partial charge >= 0.3 is 0 Å². The van der Waals surface area contributed by atoms with Gasteiger partial charge in [0.25, 0.3) is 0 Å². The average Bonchev–Trinajstić information content (AvgIpc) is 2.78. The summed E-state index contributed by atoms with van der Waals surface area (Å²) < 4.78 is 5.81. The van der Waals surface area contributed by atoms with Gasteiger partial charge in [-0.2, -0.15) is 0 Å². The molecule has 0 saturated carbocycles. The highest BCUT2D eigenvalue weighted by molar-refractivity contribution is 5.15. The molecule has 0 bridgehead atoms. The summed E-state index contributed by atoms with van der Waals surface area (Å²) in [5.41, 5.74) is 1.68. The normalized spacial score (nSPS) is 30.5. The zero-order chi connectivity index (χ0) is 13.5. The van der Waals surface area contributed by atoms with Crippen LogP contribution in [0.4, 0.5) is 0 Å². The maximum atomic E-state index is 5.81. The molecule has 19 heavy (non-hydrogen) atoms. The number of allylic oxidation sites excluding steroid dienone is 1. The number of hydrogen-bond donors (Lipinski definition) is 1. The van der Waals surface area contributed by atoms with Crippen LogP contribution in [0.15, 0.2) is 11.6 Å². The molecule has 0 radical (unpaired) electrons. The Labute approximate surface area is 119 Å². The van der Waals surface area contributed by atoms with Crippen molar-refractivity contribution in [3.63, 3.8) is 0 Å². The largest absolute Gasteiger partial charge is 0.378 e. The lowest BCUT2D eigenvalue weighted by molar-refractivity contribution is 0.0985. The fourth-order valence-corrected chi connectivity index (χ4v) is 3.54. The van der Waals surface area contributed by atoms with Crippen molar-refractivity contribution in [2.75, 3.05) is 13.2 Å². The van der Waals surface area contributed by atoms with Crippen LogP contribution in [-0.2, 0) is 4.74 Å². The van der Waals surface area contributed by atoms with Crippen molar-refractivity contribution in [3.05, 3.63) is 11.6 Å². The highest BCUT2D eigenvalue weighted by Crippen LogP contribution is 2.31. The molecule has 1 aliphatic carbocycles. The third-order valence-electron chi connectivity index (χ3n) is 4.70. The Morgan fingerprint density at radius 1 is 1.32 bits per heavy atom. The van der Waals surface area contributed by atoms with Crippen LogP contribution in [0.1, 0.15) is 65.2 Å². The van der Waals surface area contributed by atoms with Crippen molar-refractivity contribution < 1.29 is 4.74 Å². The fraction of sp³-hybridized carbons (Fsp3) is 0.882. The minimum atomic E-state index is 0.417. The van der Waals surface area contributed by atoms with Crippen LogP contribution in [0.3, 0.4) is 0 Å². The lowest BCUT2D eigenvalue weighted by atomic mass is 9.84. The maximum Gasteiger partial charge on any atom is 0.0594 e. The first kappa shape index (κ1) is 15.1. The minimum absolute atomic E-state index is 0.417. The van der Waals surface area contributed by atoms with Crippen molar-refractivity contribution in [2.24, 2.45) is 5.92 Å². The zero-order valence-electron chi connectivity index (χ0n) is 12.8. The van der Waals surface area contributed by atoms with E-state index in [4.69, 9.17) is 4.74 Å². The molecular formula is C17H31NO. The summed E-state index contributed by atoms with van der Waals surface area (Å²) in [5.74, 6) is 0.678. The van der Waals surface area contributed by atoms with Gasteiger partial charge in [0.05, 0.1) is 6.10 Å². The van der Waals surface area contributed by atoms with Gasteiger partial charge in [-0.3, -0.25) is 0 Å². The predicted molar refractivity (Wildman–Crippen MR) is 81.4 cm³/mol. The molecule has 0 amide bonds. The second kappa shape index (κ2) is 8.06. The van der Waals surface area contributed by atoms with E-state index in [1.165, 1.54) is 51.4 Å². The van der Waals surface area contributed by atoms with Gasteiger partial charge in [0.15, 0.2) is 0 Å². The Morgan fingerprint density at radius 3 is 2.89 bits per heavy atom. The maximum absolute atomic E-state index is 5.81. The second-order valence-electron chi connectivity index (χ2n) is 6.19. The van der Waals surface area contributed by atoms with E-state index in [-0.39, 0.29) is 0 Å². The third kappa shape index (κ3) is 4.32. The summed E-state index contributed by atoms with van der Waals surface area (Å²) >= 11 is 0. The molecule has 3 atom stereocenters. The number of rotatable bonds is 5. The van der Waals surface area contributed by atoms with E-state index in [0.717, 1.165) is 13.2 Å². The van der Waals surface area contributed by atoms with Gasteiger partial charge in [0.1, 0.15) is 0 Å². The van der Waals surface area contributed by atoms with Gasteiger partial charge in [-0.1, -0.05) is 31.4 Å². The molecule has 1 fully saturated rings. The number of nitrogens with one attached hydrogen (secondary N) is 1. The van der Waals surface area contributed by atoms with Crippen LogP contribution in [0.25, 0.3) is 0 Å². The van der Waals surface area contributed by atoms with E-state index in [1.807, 2.05) is 0 Å². The molecule has 0 aromatic rings. The first-order valence-corrected chi connectivity index (χ1v) is 8.37. The molecule has 0 aromatic carbocycles. The molecule has 1 aliphatic heterocycles. The van der Waals surface area contributed by atoms with Crippen LogP contribution < -0.4 is 5.32 Å². The van der Waals surface area contributed by atoms with Crippen molar-refractivity contribution in [1.29, 1.82) is 0 Å². The summed E-state index contributed by atoms with van der Waals surface area (Å²) in [4.78, 5) is 0. The SMILES string of the molecule is CCCNC(C1=CCCCCCC1)C1CCOC1C. The number of ether oxygens (including phenoxy) is 1. The quantitative estimate of drug-likeness (QED) is 0.757. The molecule has 2 heteroatoms. The molecule has 2 aliphatic rings.